The summed E-state index contributed by atoms with van der Waals surface area (Å²) in [5, 5.41) is 0. The molecular formula is C25H31N3O5S. The van der Waals surface area contributed by atoms with E-state index >= 15 is 0 Å². The third kappa shape index (κ3) is 6.08. The number of sulfonamides is 1. The Kier molecular flexibility index (Phi) is 8.56. The number of hydrogen-bond donors (Lipinski definition) is 0. The lowest BCUT2D eigenvalue weighted by Crippen LogP contribution is -2.52. The number of methoxy groups -OCH3 is 2. The summed E-state index contributed by atoms with van der Waals surface area (Å²) >= 11 is 0. The molecule has 34 heavy (non-hydrogen) atoms. The zero-order chi connectivity index (χ0) is 24.7. The fraction of sp³-hybridized carbons (Fsp3) is 0.400. The smallest absolute Gasteiger partial charge is 0.243 e. The van der Waals surface area contributed by atoms with Gasteiger partial charge in [0, 0.05) is 38.8 Å². The number of piperazine rings is 1. The van der Waals surface area contributed by atoms with Gasteiger partial charge in [0.05, 0.1) is 32.2 Å². The number of aryl methyl sites for hydroxylation is 1. The van der Waals surface area contributed by atoms with Crippen LogP contribution < -0.4 is 9.47 Å². The highest BCUT2D eigenvalue weighted by atomic mass is 32.2. The molecule has 0 atom stereocenters. The van der Waals surface area contributed by atoms with E-state index in [1.165, 1.54) is 36.2 Å². The number of terminal acetylenes is 1. The molecule has 0 bridgehead atoms. The molecule has 1 heterocycles. The number of carbonyl (C=O) groups excluding carboxylic acids is 1. The lowest BCUT2D eigenvalue weighted by atomic mass is 10.1. The van der Waals surface area contributed by atoms with E-state index in [1.807, 2.05) is 36.1 Å². The highest BCUT2D eigenvalue weighted by Gasteiger charge is 2.31. The minimum Gasteiger partial charge on any atom is -0.493 e. The van der Waals surface area contributed by atoms with Crippen molar-refractivity contribution >= 4 is 15.9 Å². The first-order valence-corrected chi connectivity index (χ1v) is 12.4. The molecule has 0 saturated carbocycles. The highest BCUT2D eigenvalue weighted by Crippen LogP contribution is 2.30. The first-order chi connectivity index (χ1) is 16.3. The van der Waals surface area contributed by atoms with Crippen molar-refractivity contribution in [2.75, 3.05) is 53.5 Å². The Morgan fingerprint density at radius 2 is 1.68 bits per heavy atom. The Morgan fingerprint density at radius 1 is 1.03 bits per heavy atom. The van der Waals surface area contributed by atoms with E-state index in [4.69, 9.17) is 15.9 Å². The van der Waals surface area contributed by atoms with Crippen LogP contribution in [0.1, 0.15) is 11.1 Å². The van der Waals surface area contributed by atoms with Crippen molar-refractivity contribution in [3.63, 3.8) is 0 Å². The van der Waals surface area contributed by atoms with E-state index in [-0.39, 0.29) is 30.4 Å². The Morgan fingerprint density at radius 3 is 2.26 bits per heavy atom. The highest BCUT2D eigenvalue weighted by molar-refractivity contribution is 7.89. The molecule has 3 rings (SSSR count). The van der Waals surface area contributed by atoms with Gasteiger partial charge in [-0.2, -0.15) is 4.31 Å². The lowest BCUT2D eigenvalue weighted by Gasteiger charge is -2.35. The normalized spacial score (nSPS) is 14.6. The van der Waals surface area contributed by atoms with Crippen LogP contribution in [0.25, 0.3) is 0 Å². The molecule has 2 aromatic carbocycles. The summed E-state index contributed by atoms with van der Waals surface area (Å²) < 4.78 is 38.0. The van der Waals surface area contributed by atoms with Crippen LogP contribution in [0.5, 0.6) is 11.5 Å². The van der Waals surface area contributed by atoms with E-state index in [1.54, 1.807) is 11.0 Å². The third-order valence-corrected chi connectivity index (χ3v) is 7.68. The van der Waals surface area contributed by atoms with E-state index in [0.717, 1.165) is 5.56 Å². The van der Waals surface area contributed by atoms with Crippen molar-refractivity contribution in [3.05, 3.63) is 53.6 Å². The Labute approximate surface area is 202 Å². The predicted octanol–water partition coefficient (Wildman–Crippen LogP) is 1.98. The third-order valence-electron chi connectivity index (χ3n) is 5.78. The van der Waals surface area contributed by atoms with Crippen molar-refractivity contribution in [2.45, 2.75) is 18.4 Å². The number of benzene rings is 2. The monoisotopic (exact) mass is 485 g/mol. The minimum absolute atomic E-state index is 0.0643. The summed E-state index contributed by atoms with van der Waals surface area (Å²) in [6, 6.07) is 12.6. The van der Waals surface area contributed by atoms with E-state index in [0.29, 0.717) is 37.7 Å². The van der Waals surface area contributed by atoms with Gasteiger partial charge in [0.2, 0.25) is 15.9 Å². The Balaban J connectivity index is 1.61. The lowest BCUT2D eigenvalue weighted by molar-refractivity contribution is -0.133. The van der Waals surface area contributed by atoms with Gasteiger partial charge in [0.25, 0.3) is 0 Å². The molecule has 0 unspecified atom stereocenters. The maximum absolute atomic E-state index is 13.1. The van der Waals surface area contributed by atoms with Gasteiger partial charge < -0.3 is 14.4 Å². The first kappa shape index (κ1) is 25.6. The summed E-state index contributed by atoms with van der Waals surface area (Å²) in [4.78, 5) is 16.7. The molecule has 1 fully saturated rings. The van der Waals surface area contributed by atoms with Gasteiger partial charge >= 0.3 is 0 Å². The van der Waals surface area contributed by atoms with Crippen LogP contribution in [-0.4, -0.2) is 81.9 Å². The van der Waals surface area contributed by atoms with Crippen LogP contribution in [0.4, 0.5) is 0 Å². The van der Waals surface area contributed by atoms with Crippen molar-refractivity contribution in [1.82, 2.24) is 14.1 Å². The zero-order valence-corrected chi connectivity index (χ0v) is 20.7. The number of amides is 1. The fourth-order valence-electron chi connectivity index (χ4n) is 3.84. The fourth-order valence-corrected chi connectivity index (χ4v) is 5.28. The van der Waals surface area contributed by atoms with E-state index in [9.17, 15) is 13.2 Å². The maximum atomic E-state index is 13.1. The number of carbonyl (C=O) groups is 1. The van der Waals surface area contributed by atoms with Gasteiger partial charge in [-0.05, 0) is 24.6 Å². The quantitative estimate of drug-likeness (QED) is 0.506. The molecule has 0 radical (unpaired) electrons. The van der Waals surface area contributed by atoms with E-state index < -0.39 is 10.0 Å². The minimum atomic E-state index is -3.72. The molecule has 8 nitrogen and oxygen atoms in total. The average Bonchev–Trinajstić information content (AvgIpc) is 2.85. The first-order valence-electron chi connectivity index (χ1n) is 11.0. The molecule has 1 saturated heterocycles. The summed E-state index contributed by atoms with van der Waals surface area (Å²) in [5.41, 5.74) is 2.25. The molecule has 1 aliphatic heterocycles. The molecule has 0 aromatic heterocycles. The molecule has 2 aromatic rings. The van der Waals surface area contributed by atoms with Crippen LogP contribution in [0.3, 0.4) is 0 Å². The molecule has 0 N–H and O–H groups in total. The zero-order valence-electron chi connectivity index (χ0n) is 19.9. The number of rotatable bonds is 9. The largest absolute Gasteiger partial charge is 0.493 e. The standard InChI is InChI=1S/C25H31N3O5S/c1-5-12-26(18-21-8-6-20(2)7-9-21)19-25(29)27-13-15-28(16-14-27)34(30,31)22-10-11-23(32-3)24(17-22)33-4/h1,6-11,17H,12-16,18-19H2,2-4H3. The van der Waals surface area contributed by atoms with Crippen LogP contribution in [0.2, 0.25) is 0 Å². The van der Waals surface area contributed by atoms with Gasteiger partial charge in [0.1, 0.15) is 0 Å². The number of nitrogens with zero attached hydrogens (tertiary/aromatic N) is 3. The van der Waals surface area contributed by atoms with Crippen molar-refractivity contribution in [3.8, 4) is 23.8 Å². The van der Waals surface area contributed by atoms with Crippen molar-refractivity contribution < 1.29 is 22.7 Å². The summed E-state index contributed by atoms with van der Waals surface area (Å²) in [6.07, 6.45) is 5.51. The maximum Gasteiger partial charge on any atom is 0.243 e. The SMILES string of the molecule is C#CCN(CC(=O)N1CCN(S(=O)(=O)c2ccc(OC)c(OC)c2)CC1)Cc1ccc(C)cc1. The molecule has 9 heteroatoms. The van der Waals surface area contributed by atoms with Gasteiger partial charge in [-0.15, -0.1) is 6.42 Å². The molecule has 1 aliphatic rings. The van der Waals surface area contributed by atoms with Crippen molar-refractivity contribution in [1.29, 1.82) is 0 Å². The number of hydrogen-bond acceptors (Lipinski definition) is 6. The summed E-state index contributed by atoms with van der Waals surface area (Å²) in [5.74, 6) is 3.36. The Bertz CT molecular complexity index is 1130. The van der Waals surface area contributed by atoms with Gasteiger partial charge in [-0.3, -0.25) is 9.69 Å². The van der Waals surface area contributed by atoms with Gasteiger partial charge in [-0.25, -0.2) is 8.42 Å². The van der Waals surface area contributed by atoms with E-state index in [2.05, 4.69) is 5.92 Å². The molecule has 1 amide bonds. The molecule has 0 spiro atoms. The number of ether oxygens (including phenoxy) is 2. The van der Waals surface area contributed by atoms with Crippen LogP contribution in [0.15, 0.2) is 47.4 Å². The molecule has 182 valence electrons. The second kappa shape index (κ2) is 11.4. The topological polar surface area (TPSA) is 79.4 Å². The van der Waals surface area contributed by atoms with Gasteiger partial charge in [0.15, 0.2) is 11.5 Å². The Hall–Kier alpha value is -3.06. The second-order valence-electron chi connectivity index (χ2n) is 8.14. The summed E-state index contributed by atoms with van der Waals surface area (Å²) in [7, 11) is -0.769. The van der Waals surface area contributed by atoms with Crippen LogP contribution in [-0.2, 0) is 21.4 Å². The molecular weight excluding hydrogens is 454 g/mol. The summed E-state index contributed by atoms with van der Waals surface area (Å²) in [6.45, 7) is 4.21. The van der Waals surface area contributed by atoms with Crippen LogP contribution >= 0.6 is 0 Å². The van der Waals surface area contributed by atoms with Gasteiger partial charge in [-0.1, -0.05) is 35.7 Å². The van der Waals surface area contributed by atoms with Crippen molar-refractivity contribution in [2.24, 2.45) is 0 Å². The average molecular weight is 486 g/mol. The molecule has 0 aliphatic carbocycles. The van der Waals surface area contributed by atoms with Crippen LogP contribution in [0, 0.1) is 19.3 Å². The predicted molar refractivity (Wildman–Crippen MR) is 130 cm³/mol. The second-order valence-corrected chi connectivity index (χ2v) is 10.1.